The second-order valence-corrected chi connectivity index (χ2v) is 6.59. The minimum Gasteiger partial charge on any atom is -0.323 e. The van der Waals surface area contributed by atoms with E-state index in [0.29, 0.717) is 0 Å². The molecule has 3 heteroatoms. The number of amides is 1. The highest BCUT2D eigenvalue weighted by Gasteiger charge is 2.03. The number of anilines is 1. The minimum absolute atomic E-state index is 0.132. The second kappa shape index (κ2) is 9.51. The van der Waals surface area contributed by atoms with E-state index in [0.717, 1.165) is 24.3 Å². The molecular weight excluding hydrogens is 332 g/mol. The predicted molar refractivity (Wildman–Crippen MR) is 112 cm³/mol. The number of benzene rings is 3. The first-order valence-corrected chi connectivity index (χ1v) is 9.04. The molecule has 0 saturated carbocycles. The smallest absolute Gasteiger partial charge is 0.248 e. The molecule has 1 amide bonds. The maximum atomic E-state index is 12.0. The Bertz CT molecular complexity index is 871. The third-order valence-corrected chi connectivity index (χ3v) is 4.20. The predicted octanol–water partition coefficient (Wildman–Crippen LogP) is 4.97. The van der Waals surface area contributed by atoms with Gasteiger partial charge in [0, 0.05) is 24.9 Å². The number of rotatable bonds is 7. The van der Waals surface area contributed by atoms with Gasteiger partial charge < -0.3 is 5.32 Å². The van der Waals surface area contributed by atoms with Crippen molar-refractivity contribution in [1.82, 2.24) is 4.90 Å². The third-order valence-electron chi connectivity index (χ3n) is 4.20. The Morgan fingerprint density at radius 3 is 2.00 bits per heavy atom. The SMILES string of the molecule is CN(Cc1ccccc1)Cc1ccc(NC(=O)/C=C/c2ccccc2)cc1. The molecular formula is C24H24N2O. The van der Waals surface area contributed by atoms with Crippen LogP contribution in [0.2, 0.25) is 0 Å². The number of hydrogen-bond donors (Lipinski definition) is 1. The molecule has 136 valence electrons. The third kappa shape index (κ3) is 6.24. The Morgan fingerprint density at radius 1 is 0.815 bits per heavy atom. The summed E-state index contributed by atoms with van der Waals surface area (Å²) < 4.78 is 0. The molecule has 1 N–H and O–H groups in total. The normalized spacial score (nSPS) is 11.0. The van der Waals surface area contributed by atoms with Crippen LogP contribution in [0.1, 0.15) is 16.7 Å². The first-order chi connectivity index (χ1) is 13.2. The summed E-state index contributed by atoms with van der Waals surface area (Å²) in [6, 6.07) is 28.2. The standard InChI is InChI=1S/C24H24N2O/c1-26(18-21-10-6-3-7-11-21)19-22-12-15-23(16-13-22)25-24(27)17-14-20-8-4-2-5-9-20/h2-17H,18-19H2,1H3,(H,25,27)/b17-14+. The van der Waals surface area contributed by atoms with Gasteiger partial charge in [-0.15, -0.1) is 0 Å². The van der Waals surface area contributed by atoms with Crippen LogP contribution < -0.4 is 5.32 Å². The van der Waals surface area contributed by atoms with Crippen molar-refractivity contribution in [2.45, 2.75) is 13.1 Å². The zero-order valence-corrected chi connectivity index (χ0v) is 15.5. The van der Waals surface area contributed by atoms with E-state index in [1.807, 2.05) is 54.6 Å². The van der Waals surface area contributed by atoms with Crippen LogP contribution in [0.4, 0.5) is 5.69 Å². The van der Waals surface area contributed by atoms with Gasteiger partial charge in [0.2, 0.25) is 5.91 Å². The Labute approximate surface area is 161 Å². The maximum Gasteiger partial charge on any atom is 0.248 e. The molecule has 3 rings (SSSR count). The molecule has 0 saturated heterocycles. The fourth-order valence-corrected chi connectivity index (χ4v) is 2.88. The van der Waals surface area contributed by atoms with E-state index < -0.39 is 0 Å². The summed E-state index contributed by atoms with van der Waals surface area (Å²) in [5.41, 5.74) is 4.32. The average Bonchev–Trinajstić information content (AvgIpc) is 2.69. The molecule has 0 radical (unpaired) electrons. The Balaban J connectivity index is 1.51. The average molecular weight is 356 g/mol. The van der Waals surface area contributed by atoms with Crippen molar-refractivity contribution in [3.05, 3.63) is 108 Å². The van der Waals surface area contributed by atoms with Crippen LogP contribution in [0, 0.1) is 0 Å². The van der Waals surface area contributed by atoms with Crippen LogP contribution in [0.15, 0.2) is 91.0 Å². The molecule has 0 heterocycles. The lowest BCUT2D eigenvalue weighted by Gasteiger charge is -2.17. The van der Waals surface area contributed by atoms with Crippen LogP contribution in [0.25, 0.3) is 6.08 Å². The summed E-state index contributed by atoms with van der Waals surface area (Å²) in [4.78, 5) is 14.3. The van der Waals surface area contributed by atoms with Crippen molar-refractivity contribution >= 4 is 17.7 Å². The molecule has 0 unspecified atom stereocenters. The van der Waals surface area contributed by atoms with E-state index in [1.54, 1.807) is 6.08 Å². The van der Waals surface area contributed by atoms with Crippen molar-refractivity contribution in [3.8, 4) is 0 Å². The van der Waals surface area contributed by atoms with Crippen molar-refractivity contribution < 1.29 is 4.79 Å². The van der Waals surface area contributed by atoms with Gasteiger partial charge in [0.05, 0.1) is 0 Å². The van der Waals surface area contributed by atoms with Crippen LogP contribution >= 0.6 is 0 Å². The van der Waals surface area contributed by atoms with E-state index in [2.05, 4.69) is 53.7 Å². The van der Waals surface area contributed by atoms with Gasteiger partial charge in [0.15, 0.2) is 0 Å². The van der Waals surface area contributed by atoms with Gasteiger partial charge in [0.25, 0.3) is 0 Å². The van der Waals surface area contributed by atoms with Crippen molar-refractivity contribution in [2.75, 3.05) is 12.4 Å². The maximum absolute atomic E-state index is 12.0. The summed E-state index contributed by atoms with van der Waals surface area (Å²) in [5, 5.41) is 2.89. The molecule has 3 aromatic rings. The monoisotopic (exact) mass is 356 g/mol. The quantitative estimate of drug-likeness (QED) is 0.606. The fourth-order valence-electron chi connectivity index (χ4n) is 2.88. The molecule has 0 aliphatic carbocycles. The highest BCUT2D eigenvalue weighted by atomic mass is 16.1. The van der Waals surface area contributed by atoms with Gasteiger partial charge >= 0.3 is 0 Å². The van der Waals surface area contributed by atoms with E-state index >= 15 is 0 Å². The zero-order valence-electron chi connectivity index (χ0n) is 15.5. The number of nitrogens with zero attached hydrogens (tertiary/aromatic N) is 1. The van der Waals surface area contributed by atoms with Crippen LogP contribution in [-0.2, 0) is 17.9 Å². The van der Waals surface area contributed by atoms with E-state index in [4.69, 9.17) is 0 Å². The number of hydrogen-bond acceptors (Lipinski definition) is 2. The lowest BCUT2D eigenvalue weighted by atomic mass is 10.1. The van der Waals surface area contributed by atoms with Gasteiger partial charge in [0.1, 0.15) is 0 Å². The molecule has 0 aromatic heterocycles. The molecule has 0 aliphatic heterocycles. The highest BCUT2D eigenvalue weighted by molar-refractivity contribution is 6.01. The lowest BCUT2D eigenvalue weighted by Crippen LogP contribution is -2.17. The van der Waals surface area contributed by atoms with Gasteiger partial charge in [-0.25, -0.2) is 0 Å². The first-order valence-electron chi connectivity index (χ1n) is 9.04. The van der Waals surface area contributed by atoms with Crippen molar-refractivity contribution in [1.29, 1.82) is 0 Å². The summed E-state index contributed by atoms with van der Waals surface area (Å²) in [5.74, 6) is -0.132. The Hall–Kier alpha value is -3.17. The molecule has 0 bridgehead atoms. The molecule has 0 fully saturated rings. The molecule has 3 nitrogen and oxygen atoms in total. The summed E-state index contributed by atoms with van der Waals surface area (Å²) in [6.07, 6.45) is 3.36. The summed E-state index contributed by atoms with van der Waals surface area (Å²) in [7, 11) is 2.11. The van der Waals surface area contributed by atoms with Gasteiger partial charge in [-0.1, -0.05) is 72.8 Å². The Morgan fingerprint density at radius 2 is 1.37 bits per heavy atom. The molecule has 0 spiro atoms. The van der Waals surface area contributed by atoms with E-state index in [1.165, 1.54) is 11.1 Å². The van der Waals surface area contributed by atoms with Crippen LogP contribution in [0.5, 0.6) is 0 Å². The minimum atomic E-state index is -0.132. The summed E-state index contributed by atoms with van der Waals surface area (Å²) >= 11 is 0. The first kappa shape index (κ1) is 18.6. The zero-order chi connectivity index (χ0) is 18.9. The molecule has 3 aromatic carbocycles. The molecule has 27 heavy (non-hydrogen) atoms. The van der Waals surface area contributed by atoms with E-state index in [9.17, 15) is 4.79 Å². The van der Waals surface area contributed by atoms with Crippen molar-refractivity contribution in [3.63, 3.8) is 0 Å². The van der Waals surface area contributed by atoms with Gasteiger partial charge in [-0.3, -0.25) is 9.69 Å². The largest absolute Gasteiger partial charge is 0.323 e. The topological polar surface area (TPSA) is 32.3 Å². The Kier molecular flexibility index (Phi) is 6.55. The van der Waals surface area contributed by atoms with Crippen molar-refractivity contribution in [2.24, 2.45) is 0 Å². The van der Waals surface area contributed by atoms with Crippen LogP contribution in [0.3, 0.4) is 0 Å². The lowest BCUT2D eigenvalue weighted by molar-refractivity contribution is -0.111. The number of carbonyl (C=O) groups excluding carboxylic acids is 1. The fraction of sp³-hybridized carbons (Fsp3) is 0.125. The molecule has 0 aliphatic rings. The number of carbonyl (C=O) groups is 1. The molecule has 0 atom stereocenters. The highest BCUT2D eigenvalue weighted by Crippen LogP contribution is 2.13. The number of nitrogens with one attached hydrogen (secondary N) is 1. The van der Waals surface area contributed by atoms with E-state index in [-0.39, 0.29) is 5.91 Å². The summed E-state index contributed by atoms with van der Waals surface area (Å²) in [6.45, 7) is 1.76. The van der Waals surface area contributed by atoms with Gasteiger partial charge in [-0.2, -0.15) is 0 Å². The van der Waals surface area contributed by atoms with Crippen LogP contribution in [-0.4, -0.2) is 17.9 Å². The van der Waals surface area contributed by atoms with Gasteiger partial charge in [-0.05, 0) is 41.9 Å². The second-order valence-electron chi connectivity index (χ2n) is 6.59.